The molecule has 3 nitrogen and oxygen atoms in total. The molecule has 0 aliphatic carbocycles. The lowest BCUT2D eigenvalue weighted by Crippen LogP contribution is -2.09. The number of hydrogen-bond donors (Lipinski definition) is 1. The van der Waals surface area contributed by atoms with Gasteiger partial charge in [-0.3, -0.25) is 0 Å². The van der Waals surface area contributed by atoms with E-state index in [2.05, 4.69) is 4.98 Å². The Hall–Kier alpha value is -1.75. The number of ether oxygens (including phenoxy) is 1. The molecule has 1 heterocycles. The summed E-state index contributed by atoms with van der Waals surface area (Å²) in [4.78, 5) is 5.26. The maximum atomic E-state index is 12.8. The summed E-state index contributed by atoms with van der Waals surface area (Å²) in [5.41, 5.74) is 6.32. The van der Waals surface area contributed by atoms with E-state index < -0.39 is 0 Å². The zero-order valence-electron chi connectivity index (χ0n) is 10.8. The Labute approximate surface area is 116 Å². The van der Waals surface area contributed by atoms with E-state index in [4.69, 9.17) is 10.5 Å². The average molecular weight is 278 g/mol. The molecule has 0 saturated carbocycles. The van der Waals surface area contributed by atoms with Crippen LogP contribution >= 0.6 is 11.8 Å². The van der Waals surface area contributed by atoms with Gasteiger partial charge in [0.25, 0.3) is 0 Å². The molecule has 5 heteroatoms. The fourth-order valence-electron chi connectivity index (χ4n) is 1.43. The Morgan fingerprint density at radius 3 is 2.47 bits per heavy atom. The van der Waals surface area contributed by atoms with E-state index in [-0.39, 0.29) is 11.9 Å². The minimum absolute atomic E-state index is 0.0147. The Kier molecular flexibility index (Phi) is 4.27. The van der Waals surface area contributed by atoms with Crippen LogP contribution in [0.1, 0.15) is 13.8 Å². The van der Waals surface area contributed by atoms with Crippen molar-refractivity contribution in [3.8, 4) is 5.88 Å². The number of nitrogens with two attached hydrogens (primary N) is 1. The van der Waals surface area contributed by atoms with Crippen LogP contribution in [0.4, 0.5) is 10.1 Å². The molecule has 0 saturated heterocycles. The van der Waals surface area contributed by atoms with E-state index in [1.54, 1.807) is 18.2 Å². The number of nitrogen functional groups attached to an aromatic ring is 1. The lowest BCUT2D eigenvalue weighted by atomic mass is 10.4. The molecule has 0 aliphatic heterocycles. The molecule has 0 unspecified atom stereocenters. The number of anilines is 1. The lowest BCUT2D eigenvalue weighted by molar-refractivity contribution is 0.232. The Balaban J connectivity index is 2.18. The highest BCUT2D eigenvalue weighted by Crippen LogP contribution is 2.30. The van der Waals surface area contributed by atoms with Crippen LogP contribution in [0.3, 0.4) is 0 Å². The topological polar surface area (TPSA) is 48.1 Å². The minimum atomic E-state index is -0.251. The molecule has 1 aromatic carbocycles. The zero-order chi connectivity index (χ0) is 13.8. The molecular weight excluding hydrogens is 263 g/mol. The van der Waals surface area contributed by atoms with Crippen LogP contribution in [0.5, 0.6) is 5.88 Å². The van der Waals surface area contributed by atoms with Gasteiger partial charge in [-0.25, -0.2) is 9.37 Å². The van der Waals surface area contributed by atoms with Crippen LogP contribution in [0, 0.1) is 5.82 Å². The molecule has 0 amide bonds. The molecule has 0 spiro atoms. The molecule has 0 aliphatic rings. The van der Waals surface area contributed by atoms with Crippen LogP contribution in [-0.2, 0) is 0 Å². The van der Waals surface area contributed by atoms with Gasteiger partial charge in [-0.1, -0.05) is 11.8 Å². The maximum Gasteiger partial charge on any atom is 0.238 e. The largest absolute Gasteiger partial charge is 0.473 e. The van der Waals surface area contributed by atoms with Crippen molar-refractivity contribution in [2.45, 2.75) is 29.9 Å². The summed E-state index contributed by atoms with van der Waals surface area (Å²) in [5, 5.41) is 0.761. The molecule has 0 fully saturated rings. The van der Waals surface area contributed by atoms with Crippen LogP contribution in [-0.4, -0.2) is 11.1 Å². The highest BCUT2D eigenvalue weighted by atomic mass is 32.2. The first-order valence-electron chi connectivity index (χ1n) is 5.91. The van der Waals surface area contributed by atoms with Crippen molar-refractivity contribution in [3.05, 3.63) is 42.2 Å². The second-order valence-electron chi connectivity index (χ2n) is 4.27. The summed E-state index contributed by atoms with van der Waals surface area (Å²) < 4.78 is 18.4. The summed E-state index contributed by atoms with van der Waals surface area (Å²) in [7, 11) is 0. The first kappa shape index (κ1) is 13.7. The highest BCUT2D eigenvalue weighted by Gasteiger charge is 2.07. The second kappa shape index (κ2) is 5.93. The summed E-state index contributed by atoms with van der Waals surface area (Å²) in [6.45, 7) is 3.84. The van der Waals surface area contributed by atoms with Crippen molar-refractivity contribution < 1.29 is 9.13 Å². The SMILES string of the molecule is CC(C)Oc1nc(Sc2ccc(F)cc2)ccc1N. The number of rotatable bonds is 4. The van der Waals surface area contributed by atoms with Gasteiger partial charge in [0.15, 0.2) is 0 Å². The summed E-state index contributed by atoms with van der Waals surface area (Å²) in [5.74, 6) is 0.181. The van der Waals surface area contributed by atoms with Gasteiger partial charge >= 0.3 is 0 Å². The van der Waals surface area contributed by atoms with Crippen LogP contribution < -0.4 is 10.5 Å². The van der Waals surface area contributed by atoms with Gasteiger partial charge in [0.2, 0.25) is 5.88 Å². The molecule has 1 aromatic heterocycles. The van der Waals surface area contributed by atoms with E-state index in [0.29, 0.717) is 11.6 Å². The molecular formula is C14H15FN2OS. The fraction of sp³-hybridized carbons (Fsp3) is 0.214. The summed E-state index contributed by atoms with van der Waals surface area (Å²) >= 11 is 1.43. The van der Waals surface area contributed by atoms with Crippen molar-refractivity contribution >= 4 is 17.4 Å². The van der Waals surface area contributed by atoms with E-state index >= 15 is 0 Å². The molecule has 2 aromatic rings. The number of benzene rings is 1. The Morgan fingerprint density at radius 2 is 1.84 bits per heavy atom. The Bertz CT molecular complexity index is 558. The minimum Gasteiger partial charge on any atom is -0.473 e. The van der Waals surface area contributed by atoms with Gasteiger partial charge in [-0.05, 0) is 50.2 Å². The molecule has 2 rings (SSSR count). The first-order valence-corrected chi connectivity index (χ1v) is 6.73. The van der Waals surface area contributed by atoms with E-state index in [1.165, 1.54) is 23.9 Å². The lowest BCUT2D eigenvalue weighted by Gasteiger charge is -2.11. The maximum absolute atomic E-state index is 12.8. The summed E-state index contributed by atoms with van der Waals surface area (Å²) in [6, 6.07) is 9.84. The van der Waals surface area contributed by atoms with Gasteiger partial charge in [-0.2, -0.15) is 0 Å². The first-order chi connectivity index (χ1) is 9.04. The number of halogens is 1. The van der Waals surface area contributed by atoms with Crippen molar-refractivity contribution in [3.63, 3.8) is 0 Å². The number of pyridine rings is 1. The van der Waals surface area contributed by atoms with Crippen molar-refractivity contribution in [2.75, 3.05) is 5.73 Å². The van der Waals surface area contributed by atoms with Gasteiger partial charge in [0, 0.05) is 4.90 Å². The molecule has 0 bridgehead atoms. The van der Waals surface area contributed by atoms with Crippen LogP contribution in [0.25, 0.3) is 0 Å². The standard InChI is InChI=1S/C14H15FN2OS/c1-9(2)18-14-12(16)7-8-13(17-14)19-11-5-3-10(15)4-6-11/h3-9H,16H2,1-2H3. The highest BCUT2D eigenvalue weighted by molar-refractivity contribution is 7.99. The quantitative estimate of drug-likeness (QED) is 0.925. The van der Waals surface area contributed by atoms with E-state index in [9.17, 15) is 4.39 Å². The summed E-state index contributed by atoms with van der Waals surface area (Å²) in [6.07, 6.45) is 0.0147. The third-order valence-electron chi connectivity index (χ3n) is 2.25. The molecule has 2 N–H and O–H groups in total. The monoisotopic (exact) mass is 278 g/mol. The second-order valence-corrected chi connectivity index (χ2v) is 5.36. The van der Waals surface area contributed by atoms with Crippen LogP contribution in [0.15, 0.2) is 46.3 Å². The molecule has 0 radical (unpaired) electrons. The van der Waals surface area contributed by atoms with E-state index in [1.807, 2.05) is 19.9 Å². The predicted molar refractivity (Wildman–Crippen MR) is 74.9 cm³/mol. The van der Waals surface area contributed by atoms with Crippen LogP contribution in [0.2, 0.25) is 0 Å². The third kappa shape index (κ3) is 3.86. The number of nitrogens with zero attached hydrogens (tertiary/aromatic N) is 1. The van der Waals surface area contributed by atoms with E-state index in [0.717, 1.165) is 9.92 Å². The Morgan fingerprint density at radius 1 is 1.16 bits per heavy atom. The zero-order valence-corrected chi connectivity index (χ0v) is 11.6. The van der Waals surface area contributed by atoms with Gasteiger partial charge in [0.05, 0.1) is 11.8 Å². The molecule has 100 valence electrons. The molecule has 19 heavy (non-hydrogen) atoms. The number of aromatic nitrogens is 1. The molecule has 0 atom stereocenters. The van der Waals surface area contributed by atoms with Gasteiger partial charge < -0.3 is 10.5 Å². The normalized spacial score (nSPS) is 10.7. The van der Waals surface area contributed by atoms with Gasteiger partial charge in [0.1, 0.15) is 10.8 Å². The predicted octanol–water partition coefficient (Wildman–Crippen LogP) is 3.74. The fourth-order valence-corrected chi connectivity index (χ4v) is 2.21. The van der Waals surface area contributed by atoms with Crippen molar-refractivity contribution in [2.24, 2.45) is 0 Å². The van der Waals surface area contributed by atoms with Crippen molar-refractivity contribution in [1.29, 1.82) is 0 Å². The average Bonchev–Trinajstić information content (AvgIpc) is 2.36. The van der Waals surface area contributed by atoms with Crippen molar-refractivity contribution in [1.82, 2.24) is 4.98 Å². The smallest absolute Gasteiger partial charge is 0.238 e. The number of hydrogen-bond acceptors (Lipinski definition) is 4. The van der Waals surface area contributed by atoms with Gasteiger partial charge in [-0.15, -0.1) is 0 Å². The third-order valence-corrected chi connectivity index (χ3v) is 3.19.